The smallest absolute Gasteiger partial charge is 0.227 e. The molecule has 0 radical (unpaired) electrons. The zero-order chi connectivity index (χ0) is 12.4. The molecule has 1 aliphatic rings. The van der Waals surface area contributed by atoms with Gasteiger partial charge in [-0.1, -0.05) is 13.8 Å². The van der Waals surface area contributed by atoms with E-state index in [1.54, 1.807) is 0 Å². The predicted octanol–water partition coefficient (Wildman–Crippen LogP) is 0.812. The molecule has 2 rings (SSSR count). The first-order valence-electron chi connectivity index (χ1n) is 6.45. The summed E-state index contributed by atoms with van der Waals surface area (Å²) >= 11 is 0. The summed E-state index contributed by atoms with van der Waals surface area (Å²) in [7, 11) is 2.07. The minimum Gasteiger partial charge on any atom is -0.336 e. The molecule has 1 aromatic rings. The Bertz CT molecular complexity index is 371. The monoisotopic (exact) mass is 237 g/mol. The second-order valence-corrected chi connectivity index (χ2v) is 5.32. The molecule has 0 aliphatic carbocycles. The Kier molecular flexibility index (Phi) is 3.66. The molecule has 0 spiro atoms. The number of hydrogen-bond acceptors (Lipinski definition) is 4. The van der Waals surface area contributed by atoms with Crippen molar-refractivity contribution >= 4 is 5.95 Å². The number of aromatic nitrogens is 3. The number of nitrogens with zero attached hydrogens (tertiary/aromatic N) is 4. The summed E-state index contributed by atoms with van der Waals surface area (Å²) in [5.41, 5.74) is 0. The highest BCUT2D eigenvalue weighted by Crippen LogP contribution is 2.17. The fourth-order valence-corrected chi connectivity index (χ4v) is 2.28. The molecule has 1 unspecified atom stereocenters. The van der Waals surface area contributed by atoms with Gasteiger partial charge in [-0.25, -0.2) is 0 Å². The van der Waals surface area contributed by atoms with Crippen molar-refractivity contribution in [1.82, 2.24) is 20.1 Å². The lowest BCUT2D eigenvalue weighted by Gasteiger charge is -2.34. The lowest BCUT2D eigenvalue weighted by molar-refractivity contribution is 0.487. The van der Waals surface area contributed by atoms with Crippen LogP contribution < -0.4 is 10.2 Å². The standard InChI is InChI=1S/C12H23N5/c1-9(2)7-11-14-15-12(16(11)4)17-6-5-13-8-10(17)3/h9-10,13H,5-8H2,1-4H3. The number of hydrogen-bond donors (Lipinski definition) is 1. The molecule has 2 heterocycles. The maximum Gasteiger partial charge on any atom is 0.227 e. The van der Waals surface area contributed by atoms with Crippen LogP contribution >= 0.6 is 0 Å². The fourth-order valence-electron chi connectivity index (χ4n) is 2.28. The molecule has 0 amide bonds. The molecule has 1 aromatic heterocycles. The van der Waals surface area contributed by atoms with Gasteiger partial charge in [0.05, 0.1) is 0 Å². The van der Waals surface area contributed by atoms with Crippen molar-refractivity contribution in [3.63, 3.8) is 0 Å². The first kappa shape index (κ1) is 12.4. The van der Waals surface area contributed by atoms with Crippen molar-refractivity contribution in [2.75, 3.05) is 24.5 Å². The minimum absolute atomic E-state index is 0.485. The van der Waals surface area contributed by atoms with Crippen molar-refractivity contribution in [1.29, 1.82) is 0 Å². The lowest BCUT2D eigenvalue weighted by Crippen LogP contribution is -2.50. The molecule has 96 valence electrons. The maximum atomic E-state index is 4.35. The van der Waals surface area contributed by atoms with Gasteiger partial charge in [-0.3, -0.25) is 0 Å². The fraction of sp³-hybridized carbons (Fsp3) is 0.833. The molecule has 0 bridgehead atoms. The van der Waals surface area contributed by atoms with Crippen LogP contribution in [0.1, 0.15) is 26.6 Å². The van der Waals surface area contributed by atoms with Crippen molar-refractivity contribution in [2.45, 2.75) is 33.2 Å². The molecular weight excluding hydrogens is 214 g/mol. The van der Waals surface area contributed by atoms with Crippen molar-refractivity contribution in [3.8, 4) is 0 Å². The highest BCUT2D eigenvalue weighted by atomic mass is 15.4. The van der Waals surface area contributed by atoms with E-state index >= 15 is 0 Å². The van der Waals surface area contributed by atoms with Crippen molar-refractivity contribution in [2.24, 2.45) is 13.0 Å². The zero-order valence-corrected chi connectivity index (χ0v) is 11.3. The summed E-state index contributed by atoms with van der Waals surface area (Å²) in [6.45, 7) is 9.70. The molecule has 0 aromatic carbocycles. The van der Waals surface area contributed by atoms with Gasteiger partial charge in [-0.05, 0) is 12.8 Å². The Morgan fingerprint density at radius 3 is 2.82 bits per heavy atom. The Hall–Kier alpha value is -1.10. The van der Waals surface area contributed by atoms with Gasteiger partial charge in [0, 0.05) is 39.1 Å². The average molecular weight is 237 g/mol. The summed E-state index contributed by atoms with van der Waals surface area (Å²) in [6, 6.07) is 0.485. The summed E-state index contributed by atoms with van der Waals surface area (Å²) in [4.78, 5) is 2.34. The van der Waals surface area contributed by atoms with Gasteiger partial charge < -0.3 is 14.8 Å². The van der Waals surface area contributed by atoms with Gasteiger partial charge in [-0.2, -0.15) is 0 Å². The van der Waals surface area contributed by atoms with Crippen LogP contribution in [0.15, 0.2) is 0 Å². The molecule has 1 saturated heterocycles. The third-order valence-corrected chi connectivity index (χ3v) is 3.29. The van der Waals surface area contributed by atoms with Crippen LogP contribution in [-0.4, -0.2) is 40.4 Å². The number of piperazine rings is 1. The van der Waals surface area contributed by atoms with Gasteiger partial charge in [0.25, 0.3) is 0 Å². The summed E-state index contributed by atoms with van der Waals surface area (Å²) < 4.78 is 2.14. The topological polar surface area (TPSA) is 46.0 Å². The van der Waals surface area contributed by atoms with E-state index in [4.69, 9.17) is 0 Å². The number of anilines is 1. The van der Waals surface area contributed by atoms with Gasteiger partial charge in [-0.15, -0.1) is 10.2 Å². The predicted molar refractivity (Wildman–Crippen MR) is 69.2 cm³/mol. The zero-order valence-electron chi connectivity index (χ0n) is 11.3. The molecule has 5 nitrogen and oxygen atoms in total. The third kappa shape index (κ3) is 2.60. The van der Waals surface area contributed by atoms with Gasteiger partial charge in [0.1, 0.15) is 5.82 Å². The quantitative estimate of drug-likeness (QED) is 0.845. The second-order valence-electron chi connectivity index (χ2n) is 5.32. The molecule has 1 aliphatic heterocycles. The van der Waals surface area contributed by atoms with Crippen molar-refractivity contribution < 1.29 is 0 Å². The minimum atomic E-state index is 0.485. The van der Waals surface area contributed by atoms with Gasteiger partial charge >= 0.3 is 0 Å². The second kappa shape index (κ2) is 5.04. The Morgan fingerprint density at radius 2 is 2.18 bits per heavy atom. The van der Waals surface area contributed by atoms with Crippen LogP contribution in [0.4, 0.5) is 5.95 Å². The first-order chi connectivity index (χ1) is 8.09. The Morgan fingerprint density at radius 1 is 1.41 bits per heavy atom. The Balaban J connectivity index is 2.18. The van der Waals surface area contributed by atoms with Crippen LogP contribution in [0.5, 0.6) is 0 Å². The number of rotatable bonds is 3. The highest BCUT2D eigenvalue weighted by molar-refractivity contribution is 5.33. The molecule has 1 fully saturated rings. The van der Waals surface area contributed by atoms with E-state index in [0.717, 1.165) is 37.8 Å². The molecule has 17 heavy (non-hydrogen) atoms. The van der Waals surface area contributed by atoms with E-state index < -0.39 is 0 Å². The lowest BCUT2D eigenvalue weighted by atomic mass is 10.1. The van der Waals surface area contributed by atoms with Crippen LogP contribution in [0.3, 0.4) is 0 Å². The van der Waals surface area contributed by atoms with Crippen LogP contribution in [0.25, 0.3) is 0 Å². The van der Waals surface area contributed by atoms with E-state index in [2.05, 4.69) is 52.8 Å². The van der Waals surface area contributed by atoms with Gasteiger partial charge in [0.15, 0.2) is 0 Å². The van der Waals surface area contributed by atoms with Crippen LogP contribution in [0.2, 0.25) is 0 Å². The van der Waals surface area contributed by atoms with E-state index in [0.29, 0.717) is 12.0 Å². The van der Waals surface area contributed by atoms with E-state index in [1.165, 1.54) is 0 Å². The molecular formula is C12H23N5. The Labute approximate surface area is 103 Å². The van der Waals surface area contributed by atoms with E-state index in [9.17, 15) is 0 Å². The maximum absolute atomic E-state index is 4.35. The summed E-state index contributed by atoms with van der Waals surface area (Å²) in [6.07, 6.45) is 0.990. The first-order valence-corrected chi connectivity index (χ1v) is 6.45. The van der Waals surface area contributed by atoms with Crippen molar-refractivity contribution in [3.05, 3.63) is 5.82 Å². The SMILES string of the molecule is CC(C)Cc1nnc(N2CCNCC2C)n1C. The molecule has 0 saturated carbocycles. The highest BCUT2D eigenvalue weighted by Gasteiger charge is 2.23. The molecule has 5 heteroatoms. The van der Waals surface area contributed by atoms with Crippen LogP contribution in [-0.2, 0) is 13.5 Å². The van der Waals surface area contributed by atoms with E-state index in [1.807, 2.05) is 0 Å². The number of nitrogens with one attached hydrogen (secondary N) is 1. The third-order valence-electron chi connectivity index (χ3n) is 3.29. The average Bonchev–Trinajstić information content (AvgIpc) is 2.61. The molecule has 1 atom stereocenters. The summed E-state index contributed by atoms with van der Waals surface area (Å²) in [5, 5.41) is 12.1. The molecule has 1 N–H and O–H groups in total. The van der Waals surface area contributed by atoms with Gasteiger partial charge in [0.2, 0.25) is 5.95 Å². The largest absolute Gasteiger partial charge is 0.336 e. The van der Waals surface area contributed by atoms with Crippen LogP contribution in [0, 0.1) is 5.92 Å². The summed E-state index contributed by atoms with van der Waals surface area (Å²) in [5.74, 6) is 2.71. The normalized spacial score (nSPS) is 21.2. The van der Waals surface area contributed by atoms with E-state index in [-0.39, 0.29) is 0 Å².